The zero-order valence-electron chi connectivity index (χ0n) is 9.53. The summed E-state index contributed by atoms with van der Waals surface area (Å²) in [5.41, 5.74) is 1.64. The summed E-state index contributed by atoms with van der Waals surface area (Å²) in [5, 5.41) is 0. The molecule has 1 aromatic rings. The normalized spacial score (nSPS) is 18.2. The van der Waals surface area contributed by atoms with Crippen molar-refractivity contribution in [1.82, 2.24) is 0 Å². The molecule has 0 saturated heterocycles. The molecule has 3 nitrogen and oxygen atoms in total. The van der Waals surface area contributed by atoms with Crippen molar-refractivity contribution in [3.05, 3.63) is 33.8 Å². The van der Waals surface area contributed by atoms with E-state index >= 15 is 0 Å². The van der Waals surface area contributed by atoms with Crippen molar-refractivity contribution in [1.29, 1.82) is 0 Å². The number of halogens is 1. The number of Topliss-reactive ketones (excluding diaryl/α,β-unsaturated/α-hetero) is 2. The number of hydrogen-bond acceptors (Lipinski definition) is 3. The monoisotopic (exact) mass is 296 g/mol. The largest absolute Gasteiger partial charge is 0.384 e. The first kappa shape index (κ1) is 12.5. The van der Waals surface area contributed by atoms with Crippen molar-refractivity contribution in [2.24, 2.45) is 5.92 Å². The number of methoxy groups -OCH3 is 1. The van der Waals surface area contributed by atoms with E-state index in [1.807, 2.05) is 12.1 Å². The molecule has 1 aromatic carbocycles. The van der Waals surface area contributed by atoms with E-state index in [-0.39, 0.29) is 11.6 Å². The van der Waals surface area contributed by atoms with E-state index in [1.165, 1.54) is 0 Å². The lowest BCUT2D eigenvalue weighted by Gasteiger charge is -2.05. The molecule has 0 bridgehead atoms. The van der Waals surface area contributed by atoms with E-state index < -0.39 is 5.92 Å². The Hall–Kier alpha value is -1.00. The highest BCUT2D eigenvalue weighted by molar-refractivity contribution is 9.10. The Kier molecular flexibility index (Phi) is 3.74. The molecule has 0 radical (unpaired) electrons. The van der Waals surface area contributed by atoms with E-state index in [0.29, 0.717) is 25.0 Å². The second-order valence-corrected chi connectivity index (χ2v) is 5.05. The van der Waals surface area contributed by atoms with Gasteiger partial charge >= 0.3 is 0 Å². The van der Waals surface area contributed by atoms with Gasteiger partial charge in [-0.3, -0.25) is 9.59 Å². The SMILES string of the molecule is COCCC(=O)C1Cc2cc(Br)ccc2C1=O. The van der Waals surface area contributed by atoms with Crippen LogP contribution in [0, 0.1) is 5.92 Å². The first-order valence-corrected chi connectivity index (χ1v) is 6.27. The first-order chi connectivity index (χ1) is 8.13. The number of rotatable bonds is 4. The van der Waals surface area contributed by atoms with Crippen LogP contribution < -0.4 is 0 Å². The maximum Gasteiger partial charge on any atom is 0.173 e. The predicted molar refractivity (Wildman–Crippen MR) is 67.2 cm³/mol. The smallest absolute Gasteiger partial charge is 0.173 e. The summed E-state index contributed by atoms with van der Waals surface area (Å²) >= 11 is 3.37. The van der Waals surface area contributed by atoms with Crippen LogP contribution in [0.5, 0.6) is 0 Å². The Morgan fingerprint density at radius 1 is 1.53 bits per heavy atom. The number of hydrogen-bond donors (Lipinski definition) is 0. The molecule has 0 heterocycles. The number of ether oxygens (including phenoxy) is 1. The molecule has 0 aliphatic heterocycles. The molecule has 1 aliphatic rings. The van der Waals surface area contributed by atoms with Crippen molar-refractivity contribution >= 4 is 27.5 Å². The summed E-state index contributed by atoms with van der Waals surface area (Å²) in [7, 11) is 1.55. The highest BCUT2D eigenvalue weighted by Crippen LogP contribution is 2.30. The standard InChI is InChI=1S/C13H13BrO3/c1-17-5-4-12(15)11-7-8-6-9(14)2-3-10(8)13(11)16/h2-3,6,11H,4-5,7H2,1H3. The Balaban J connectivity index is 2.16. The van der Waals surface area contributed by atoms with Crippen LogP contribution in [0.3, 0.4) is 0 Å². The van der Waals surface area contributed by atoms with Gasteiger partial charge in [-0.05, 0) is 30.2 Å². The van der Waals surface area contributed by atoms with Crippen LogP contribution in [-0.2, 0) is 16.0 Å². The van der Waals surface area contributed by atoms with Gasteiger partial charge in [0, 0.05) is 23.6 Å². The van der Waals surface area contributed by atoms with Crippen LogP contribution in [0.25, 0.3) is 0 Å². The van der Waals surface area contributed by atoms with E-state index in [2.05, 4.69) is 15.9 Å². The first-order valence-electron chi connectivity index (χ1n) is 5.47. The second kappa shape index (κ2) is 5.10. The summed E-state index contributed by atoms with van der Waals surface area (Å²) in [5.74, 6) is -0.577. The van der Waals surface area contributed by atoms with E-state index in [0.717, 1.165) is 10.0 Å². The maximum atomic E-state index is 12.0. The average Bonchev–Trinajstić information content (AvgIpc) is 2.63. The van der Waals surface area contributed by atoms with Crippen LogP contribution in [0.2, 0.25) is 0 Å². The lowest BCUT2D eigenvalue weighted by atomic mass is 9.98. The zero-order chi connectivity index (χ0) is 12.4. The van der Waals surface area contributed by atoms with Crippen LogP contribution >= 0.6 is 15.9 Å². The van der Waals surface area contributed by atoms with Crippen molar-refractivity contribution in [3.8, 4) is 0 Å². The van der Waals surface area contributed by atoms with Crippen LogP contribution in [0.1, 0.15) is 22.3 Å². The van der Waals surface area contributed by atoms with Crippen molar-refractivity contribution < 1.29 is 14.3 Å². The van der Waals surface area contributed by atoms with Gasteiger partial charge in [0.05, 0.1) is 12.5 Å². The molecule has 0 spiro atoms. The van der Waals surface area contributed by atoms with Crippen LogP contribution in [0.4, 0.5) is 0 Å². The number of ketones is 2. The molecular formula is C13H13BrO3. The minimum Gasteiger partial charge on any atom is -0.384 e. The molecule has 4 heteroatoms. The fourth-order valence-electron chi connectivity index (χ4n) is 2.11. The van der Waals surface area contributed by atoms with E-state index in [4.69, 9.17) is 4.74 Å². The molecule has 90 valence electrons. The number of fused-ring (bicyclic) bond motifs is 1. The Bertz CT molecular complexity index is 468. The number of carbonyl (C=O) groups is 2. The van der Waals surface area contributed by atoms with Gasteiger partial charge in [-0.2, -0.15) is 0 Å². The molecule has 1 unspecified atom stereocenters. The minimum atomic E-state index is -0.505. The topological polar surface area (TPSA) is 43.4 Å². The summed E-state index contributed by atoms with van der Waals surface area (Å²) in [6.07, 6.45) is 0.832. The average molecular weight is 297 g/mol. The van der Waals surface area contributed by atoms with Crippen molar-refractivity contribution in [2.75, 3.05) is 13.7 Å². The fourth-order valence-corrected chi connectivity index (χ4v) is 2.52. The maximum absolute atomic E-state index is 12.0. The second-order valence-electron chi connectivity index (χ2n) is 4.13. The molecule has 0 amide bonds. The third-order valence-corrected chi connectivity index (χ3v) is 3.51. The van der Waals surface area contributed by atoms with Gasteiger partial charge in [0.1, 0.15) is 5.78 Å². The summed E-state index contributed by atoms with van der Waals surface area (Å²) in [4.78, 5) is 23.9. The van der Waals surface area contributed by atoms with Gasteiger partial charge in [-0.15, -0.1) is 0 Å². The minimum absolute atomic E-state index is 0.0239. The van der Waals surface area contributed by atoms with Gasteiger partial charge in [-0.1, -0.05) is 15.9 Å². The molecule has 1 aliphatic carbocycles. The highest BCUT2D eigenvalue weighted by atomic mass is 79.9. The van der Waals surface area contributed by atoms with Gasteiger partial charge in [0.2, 0.25) is 0 Å². The third-order valence-electron chi connectivity index (χ3n) is 3.01. The van der Waals surface area contributed by atoms with Gasteiger partial charge in [-0.25, -0.2) is 0 Å². The lowest BCUT2D eigenvalue weighted by molar-refractivity contribution is -0.122. The molecule has 0 aromatic heterocycles. The quantitative estimate of drug-likeness (QED) is 0.802. The van der Waals surface area contributed by atoms with Crippen LogP contribution in [-0.4, -0.2) is 25.3 Å². The predicted octanol–water partition coefficient (Wildman–Crippen LogP) is 2.41. The van der Waals surface area contributed by atoms with E-state index in [9.17, 15) is 9.59 Å². The zero-order valence-corrected chi connectivity index (χ0v) is 11.1. The molecule has 0 saturated carbocycles. The fraction of sp³-hybridized carbons (Fsp3) is 0.385. The highest BCUT2D eigenvalue weighted by Gasteiger charge is 2.34. The van der Waals surface area contributed by atoms with Crippen molar-refractivity contribution in [2.45, 2.75) is 12.8 Å². The molecule has 0 N–H and O–H groups in total. The Morgan fingerprint density at radius 3 is 3.00 bits per heavy atom. The van der Waals surface area contributed by atoms with Crippen molar-refractivity contribution in [3.63, 3.8) is 0 Å². The molecular weight excluding hydrogens is 284 g/mol. The number of benzene rings is 1. The van der Waals surface area contributed by atoms with Crippen LogP contribution in [0.15, 0.2) is 22.7 Å². The summed E-state index contributed by atoms with van der Waals surface area (Å²) in [6, 6.07) is 5.53. The number of carbonyl (C=O) groups excluding carboxylic acids is 2. The summed E-state index contributed by atoms with van der Waals surface area (Å²) < 4.78 is 5.80. The van der Waals surface area contributed by atoms with E-state index in [1.54, 1.807) is 13.2 Å². The molecule has 17 heavy (non-hydrogen) atoms. The Morgan fingerprint density at radius 2 is 2.29 bits per heavy atom. The van der Waals surface area contributed by atoms with Gasteiger partial charge < -0.3 is 4.74 Å². The third kappa shape index (κ3) is 2.48. The molecule has 1 atom stereocenters. The Labute approximate surface area is 108 Å². The van der Waals surface area contributed by atoms with Gasteiger partial charge in [0.15, 0.2) is 5.78 Å². The molecule has 0 fully saturated rings. The lowest BCUT2D eigenvalue weighted by Crippen LogP contribution is -2.21. The summed E-state index contributed by atoms with van der Waals surface area (Å²) in [6.45, 7) is 0.378. The van der Waals surface area contributed by atoms with Gasteiger partial charge in [0.25, 0.3) is 0 Å². The molecule has 2 rings (SSSR count).